The van der Waals surface area contributed by atoms with Gasteiger partial charge in [0.1, 0.15) is 0 Å². The number of morpholine rings is 1. The molecule has 6 heteroatoms. The second-order valence-electron chi connectivity index (χ2n) is 8.97. The minimum absolute atomic E-state index is 0.0371. The highest BCUT2D eigenvalue weighted by Gasteiger charge is 2.64. The number of nitrogens with one attached hydrogen (secondary N) is 1. The molecule has 1 aromatic carbocycles. The summed E-state index contributed by atoms with van der Waals surface area (Å²) in [4.78, 5) is 27.1. The molecule has 3 saturated heterocycles. The maximum Gasteiger partial charge on any atom is 0.228 e. The Morgan fingerprint density at radius 3 is 2.79 bits per heavy atom. The summed E-state index contributed by atoms with van der Waals surface area (Å²) >= 11 is 0. The Morgan fingerprint density at radius 2 is 2.00 bits per heavy atom. The summed E-state index contributed by atoms with van der Waals surface area (Å²) < 4.78 is 11.8. The van der Waals surface area contributed by atoms with Crippen molar-refractivity contribution in [2.45, 2.75) is 50.4 Å². The molecule has 1 saturated carbocycles. The molecule has 4 aliphatic rings. The number of hydrogen-bond acceptors (Lipinski definition) is 4. The van der Waals surface area contributed by atoms with Crippen LogP contribution in [0, 0.1) is 17.8 Å². The summed E-state index contributed by atoms with van der Waals surface area (Å²) in [5.41, 5.74) is 1.26. The fourth-order valence-electron chi connectivity index (χ4n) is 5.39. The first kappa shape index (κ1) is 19.1. The molecule has 0 radical (unpaired) electrons. The van der Waals surface area contributed by atoms with Crippen LogP contribution in [0.2, 0.25) is 0 Å². The molecular weight excluding hydrogens is 368 g/mol. The van der Waals surface area contributed by atoms with E-state index in [1.807, 2.05) is 23.1 Å². The average molecular weight is 399 g/mol. The predicted octanol–water partition coefficient (Wildman–Crippen LogP) is 1.78. The van der Waals surface area contributed by atoms with E-state index in [9.17, 15) is 9.59 Å². The van der Waals surface area contributed by atoms with E-state index >= 15 is 0 Å². The first-order valence-corrected chi connectivity index (χ1v) is 11.1. The molecule has 6 nitrogen and oxygen atoms in total. The SMILES string of the molecule is O=C(CCCc1ccccc1)NCC1CN(C(=O)[C@@H]2C[C@@H]3O[C@H]2[C@H]2C[C@H]23)CCO1. The van der Waals surface area contributed by atoms with E-state index < -0.39 is 0 Å². The van der Waals surface area contributed by atoms with Crippen LogP contribution in [0.3, 0.4) is 0 Å². The van der Waals surface area contributed by atoms with Gasteiger partial charge in [0.2, 0.25) is 11.8 Å². The topological polar surface area (TPSA) is 67.9 Å². The highest BCUT2D eigenvalue weighted by Crippen LogP contribution is 2.60. The van der Waals surface area contributed by atoms with E-state index in [2.05, 4.69) is 17.4 Å². The molecule has 4 fully saturated rings. The number of benzene rings is 1. The van der Waals surface area contributed by atoms with Crippen LogP contribution >= 0.6 is 0 Å². The number of carbonyl (C=O) groups is 2. The van der Waals surface area contributed by atoms with Gasteiger partial charge in [-0.1, -0.05) is 30.3 Å². The van der Waals surface area contributed by atoms with E-state index in [4.69, 9.17) is 9.47 Å². The Labute approximate surface area is 171 Å². The normalized spacial score (nSPS) is 34.7. The van der Waals surface area contributed by atoms with Gasteiger partial charge in [-0.25, -0.2) is 0 Å². The molecule has 29 heavy (non-hydrogen) atoms. The van der Waals surface area contributed by atoms with Crippen LogP contribution in [0.1, 0.15) is 31.2 Å². The van der Waals surface area contributed by atoms with Crippen molar-refractivity contribution in [3.05, 3.63) is 35.9 Å². The number of amides is 2. The van der Waals surface area contributed by atoms with Gasteiger partial charge in [-0.2, -0.15) is 0 Å². The Kier molecular flexibility index (Phi) is 5.31. The van der Waals surface area contributed by atoms with Gasteiger partial charge in [-0.15, -0.1) is 0 Å². The van der Waals surface area contributed by atoms with Crippen molar-refractivity contribution >= 4 is 11.8 Å². The molecule has 5 rings (SSSR count). The number of aryl methyl sites for hydroxylation is 1. The summed E-state index contributed by atoms with van der Waals surface area (Å²) in [6.07, 6.45) is 4.75. The van der Waals surface area contributed by atoms with Gasteiger partial charge in [-0.3, -0.25) is 9.59 Å². The highest BCUT2D eigenvalue weighted by molar-refractivity contribution is 5.80. The number of rotatable bonds is 7. The van der Waals surface area contributed by atoms with Gasteiger partial charge >= 0.3 is 0 Å². The lowest BCUT2D eigenvalue weighted by Gasteiger charge is -2.35. The molecule has 3 heterocycles. The Morgan fingerprint density at radius 1 is 1.14 bits per heavy atom. The average Bonchev–Trinajstić information content (AvgIpc) is 3.36. The van der Waals surface area contributed by atoms with Crippen molar-refractivity contribution in [3.8, 4) is 0 Å². The van der Waals surface area contributed by atoms with Crippen LogP contribution in [0.25, 0.3) is 0 Å². The zero-order chi connectivity index (χ0) is 19.8. The van der Waals surface area contributed by atoms with Crippen molar-refractivity contribution < 1.29 is 19.1 Å². The molecule has 1 aromatic rings. The van der Waals surface area contributed by atoms with Crippen LogP contribution in [-0.4, -0.2) is 61.3 Å². The molecule has 1 aliphatic carbocycles. The Balaban J connectivity index is 1.04. The van der Waals surface area contributed by atoms with Crippen LogP contribution in [0.15, 0.2) is 30.3 Å². The lowest BCUT2D eigenvalue weighted by Crippen LogP contribution is -2.52. The standard InChI is InChI=1S/C23H30N2O4/c26-21(8-4-7-15-5-2-1-3-6-15)24-13-16-14-25(9-10-28-16)23(27)19-12-20-17-11-18(17)22(19)29-20/h1-3,5-6,16-20,22H,4,7-14H2,(H,24,26)/t16?,17-,18+,19-,20+,22+/m1/s1. The minimum atomic E-state index is -0.126. The molecular formula is C23H30N2O4. The zero-order valence-electron chi connectivity index (χ0n) is 16.8. The lowest BCUT2D eigenvalue weighted by molar-refractivity contribution is -0.145. The number of carbonyl (C=O) groups excluding carboxylic acids is 2. The van der Waals surface area contributed by atoms with Crippen LogP contribution in [-0.2, 0) is 25.5 Å². The third-order valence-corrected chi connectivity index (χ3v) is 7.01. The number of nitrogens with zero attached hydrogens (tertiary/aromatic N) is 1. The summed E-state index contributed by atoms with van der Waals surface area (Å²) in [5.74, 6) is 1.68. The maximum atomic E-state index is 13.0. The lowest BCUT2D eigenvalue weighted by atomic mass is 9.88. The molecule has 2 bridgehead atoms. The van der Waals surface area contributed by atoms with Gasteiger partial charge in [-0.05, 0) is 43.1 Å². The third kappa shape index (κ3) is 4.05. The monoisotopic (exact) mass is 398 g/mol. The summed E-state index contributed by atoms with van der Waals surface area (Å²) in [5, 5.41) is 2.98. The Hall–Kier alpha value is -1.92. The van der Waals surface area contributed by atoms with Gasteiger partial charge in [0.15, 0.2) is 0 Å². The molecule has 6 atom stereocenters. The molecule has 156 valence electrons. The van der Waals surface area contributed by atoms with Crippen molar-refractivity contribution in [1.82, 2.24) is 10.2 Å². The van der Waals surface area contributed by atoms with Crippen molar-refractivity contribution in [1.29, 1.82) is 0 Å². The van der Waals surface area contributed by atoms with Gasteiger partial charge in [0.25, 0.3) is 0 Å². The zero-order valence-corrected chi connectivity index (χ0v) is 16.8. The van der Waals surface area contributed by atoms with Gasteiger partial charge < -0.3 is 19.7 Å². The smallest absolute Gasteiger partial charge is 0.228 e. The second-order valence-corrected chi connectivity index (χ2v) is 8.97. The molecule has 0 spiro atoms. The number of hydrogen-bond donors (Lipinski definition) is 1. The fraction of sp³-hybridized carbons (Fsp3) is 0.652. The van der Waals surface area contributed by atoms with E-state index in [0.717, 1.165) is 25.2 Å². The van der Waals surface area contributed by atoms with E-state index in [-0.39, 0.29) is 29.9 Å². The predicted molar refractivity (Wildman–Crippen MR) is 107 cm³/mol. The summed E-state index contributed by atoms with van der Waals surface area (Å²) in [6.45, 7) is 2.20. The molecule has 2 amide bonds. The number of fused-ring (bicyclic) bond motifs is 5. The first-order valence-electron chi connectivity index (χ1n) is 11.1. The van der Waals surface area contributed by atoms with E-state index in [0.29, 0.717) is 44.7 Å². The minimum Gasteiger partial charge on any atom is -0.374 e. The largest absolute Gasteiger partial charge is 0.374 e. The van der Waals surface area contributed by atoms with Crippen LogP contribution < -0.4 is 5.32 Å². The molecule has 3 aliphatic heterocycles. The van der Waals surface area contributed by atoms with Crippen LogP contribution in [0.4, 0.5) is 0 Å². The maximum absolute atomic E-state index is 13.0. The second kappa shape index (κ2) is 8.07. The third-order valence-electron chi connectivity index (χ3n) is 7.01. The van der Waals surface area contributed by atoms with Crippen molar-refractivity contribution in [2.75, 3.05) is 26.2 Å². The number of ether oxygens (including phenoxy) is 2. The van der Waals surface area contributed by atoms with Gasteiger partial charge in [0.05, 0.1) is 30.8 Å². The molecule has 1 N–H and O–H groups in total. The summed E-state index contributed by atoms with van der Waals surface area (Å²) in [7, 11) is 0. The molecule has 0 aromatic heterocycles. The first-order chi connectivity index (χ1) is 14.2. The molecule has 1 unspecified atom stereocenters. The highest BCUT2D eigenvalue weighted by atomic mass is 16.5. The quantitative estimate of drug-likeness (QED) is 0.760. The van der Waals surface area contributed by atoms with Crippen molar-refractivity contribution in [2.24, 2.45) is 17.8 Å². The fourth-order valence-corrected chi connectivity index (χ4v) is 5.39. The van der Waals surface area contributed by atoms with Crippen LogP contribution in [0.5, 0.6) is 0 Å². The van der Waals surface area contributed by atoms with E-state index in [1.54, 1.807) is 0 Å². The Bertz CT molecular complexity index is 755. The van der Waals surface area contributed by atoms with Crippen molar-refractivity contribution in [3.63, 3.8) is 0 Å². The summed E-state index contributed by atoms with van der Waals surface area (Å²) in [6, 6.07) is 10.2. The van der Waals surface area contributed by atoms with Gasteiger partial charge in [0, 0.05) is 26.1 Å². The van der Waals surface area contributed by atoms with E-state index in [1.165, 1.54) is 12.0 Å².